The Bertz CT molecular complexity index is 365. The predicted molar refractivity (Wildman–Crippen MR) is 71.6 cm³/mol. The SMILES string of the molecule is CC(O)(c1ccccc1N)C1CCCCCC1. The third-order valence-electron chi connectivity index (χ3n) is 4.16. The van der Waals surface area contributed by atoms with Crippen LogP contribution in [0.3, 0.4) is 0 Å². The third kappa shape index (κ3) is 2.63. The van der Waals surface area contributed by atoms with E-state index in [4.69, 9.17) is 5.73 Å². The second-order valence-corrected chi connectivity index (χ2v) is 5.42. The van der Waals surface area contributed by atoms with Crippen LogP contribution >= 0.6 is 0 Å². The topological polar surface area (TPSA) is 46.2 Å². The Morgan fingerprint density at radius 3 is 2.29 bits per heavy atom. The Morgan fingerprint density at radius 1 is 1.12 bits per heavy atom. The molecule has 3 N–H and O–H groups in total. The number of hydrogen-bond donors (Lipinski definition) is 2. The molecule has 0 radical (unpaired) electrons. The van der Waals surface area contributed by atoms with E-state index in [0.29, 0.717) is 11.6 Å². The Labute approximate surface area is 104 Å². The van der Waals surface area contributed by atoms with Gasteiger partial charge in [-0.25, -0.2) is 0 Å². The van der Waals surface area contributed by atoms with Gasteiger partial charge in [0.25, 0.3) is 0 Å². The molecule has 0 spiro atoms. The Hall–Kier alpha value is -1.02. The molecule has 94 valence electrons. The number of aliphatic hydroxyl groups is 1. The molecule has 1 aromatic carbocycles. The highest BCUT2D eigenvalue weighted by Gasteiger charge is 2.34. The van der Waals surface area contributed by atoms with Crippen molar-refractivity contribution in [2.45, 2.75) is 51.0 Å². The van der Waals surface area contributed by atoms with Gasteiger partial charge in [0.05, 0.1) is 5.60 Å². The molecular weight excluding hydrogens is 210 g/mol. The summed E-state index contributed by atoms with van der Waals surface area (Å²) in [6.45, 7) is 1.93. The monoisotopic (exact) mass is 233 g/mol. The van der Waals surface area contributed by atoms with Gasteiger partial charge in [0.1, 0.15) is 0 Å². The minimum atomic E-state index is -0.782. The first-order valence-electron chi connectivity index (χ1n) is 6.69. The Morgan fingerprint density at radius 2 is 1.71 bits per heavy atom. The minimum absolute atomic E-state index is 0.342. The van der Waals surface area contributed by atoms with Crippen LogP contribution < -0.4 is 5.73 Å². The van der Waals surface area contributed by atoms with Crippen molar-refractivity contribution in [3.63, 3.8) is 0 Å². The average molecular weight is 233 g/mol. The second-order valence-electron chi connectivity index (χ2n) is 5.42. The summed E-state index contributed by atoms with van der Waals surface area (Å²) in [5.41, 5.74) is 6.82. The lowest BCUT2D eigenvalue weighted by Gasteiger charge is -2.33. The van der Waals surface area contributed by atoms with Gasteiger partial charge in [-0.15, -0.1) is 0 Å². The van der Waals surface area contributed by atoms with Crippen molar-refractivity contribution < 1.29 is 5.11 Å². The van der Waals surface area contributed by atoms with E-state index in [-0.39, 0.29) is 0 Å². The standard InChI is InChI=1S/C15H23NO/c1-15(17,12-8-4-2-3-5-9-12)13-10-6-7-11-14(13)16/h6-7,10-12,17H,2-5,8-9,16H2,1H3. The van der Waals surface area contributed by atoms with Crippen molar-refractivity contribution in [2.24, 2.45) is 5.92 Å². The number of rotatable bonds is 2. The predicted octanol–water partition coefficient (Wildman–Crippen LogP) is 3.45. The molecule has 2 heteroatoms. The molecule has 1 atom stereocenters. The normalized spacial score (nSPS) is 21.8. The third-order valence-corrected chi connectivity index (χ3v) is 4.16. The van der Waals surface area contributed by atoms with Gasteiger partial charge in [-0.2, -0.15) is 0 Å². The van der Waals surface area contributed by atoms with Crippen molar-refractivity contribution >= 4 is 5.69 Å². The van der Waals surface area contributed by atoms with E-state index in [1.807, 2.05) is 31.2 Å². The number of benzene rings is 1. The van der Waals surface area contributed by atoms with Crippen LogP contribution in [0.1, 0.15) is 51.0 Å². The summed E-state index contributed by atoms with van der Waals surface area (Å²) < 4.78 is 0. The largest absolute Gasteiger partial charge is 0.398 e. The van der Waals surface area contributed by atoms with Crippen LogP contribution in [0.2, 0.25) is 0 Å². The first kappa shape index (κ1) is 12.4. The van der Waals surface area contributed by atoms with E-state index in [1.54, 1.807) is 0 Å². The minimum Gasteiger partial charge on any atom is -0.398 e. The maximum atomic E-state index is 10.8. The highest BCUT2D eigenvalue weighted by Crippen LogP contribution is 2.40. The molecule has 0 amide bonds. The van der Waals surface area contributed by atoms with Crippen molar-refractivity contribution in [3.8, 4) is 0 Å². The highest BCUT2D eigenvalue weighted by molar-refractivity contribution is 5.49. The fourth-order valence-electron chi connectivity index (χ4n) is 3.02. The van der Waals surface area contributed by atoms with Crippen LogP contribution in [0.25, 0.3) is 0 Å². The number of nitrogens with two attached hydrogens (primary N) is 1. The zero-order chi connectivity index (χ0) is 12.3. The zero-order valence-corrected chi connectivity index (χ0v) is 10.7. The van der Waals surface area contributed by atoms with E-state index in [9.17, 15) is 5.11 Å². The summed E-state index contributed by atoms with van der Waals surface area (Å²) in [4.78, 5) is 0. The molecule has 1 unspecified atom stereocenters. The molecule has 1 aromatic rings. The smallest absolute Gasteiger partial charge is 0.0916 e. The number of anilines is 1. The number of hydrogen-bond acceptors (Lipinski definition) is 2. The van der Waals surface area contributed by atoms with Crippen LogP contribution in [0, 0.1) is 5.92 Å². The maximum absolute atomic E-state index is 10.8. The molecule has 2 rings (SSSR count). The van der Waals surface area contributed by atoms with Gasteiger partial charge in [0.2, 0.25) is 0 Å². The molecule has 1 fully saturated rings. The lowest BCUT2D eigenvalue weighted by atomic mass is 9.78. The van der Waals surface area contributed by atoms with E-state index in [0.717, 1.165) is 18.4 Å². The van der Waals surface area contributed by atoms with Crippen molar-refractivity contribution in [3.05, 3.63) is 29.8 Å². The van der Waals surface area contributed by atoms with Crippen LogP contribution in [-0.4, -0.2) is 5.11 Å². The fraction of sp³-hybridized carbons (Fsp3) is 0.600. The molecule has 1 saturated carbocycles. The molecule has 1 aliphatic carbocycles. The summed E-state index contributed by atoms with van der Waals surface area (Å²) in [7, 11) is 0. The van der Waals surface area contributed by atoms with Crippen molar-refractivity contribution in [1.29, 1.82) is 0 Å². The molecule has 1 aliphatic rings. The van der Waals surface area contributed by atoms with Gasteiger partial charge in [-0.3, -0.25) is 0 Å². The van der Waals surface area contributed by atoms with Gasteiger partial charge in [0.15, 0.2) is 0 Å². The lowest BCUT2D eigenvalue weighted by Crippen LogP contribution is -2.32. The zero-order valence-electron chi connectivity index (χ0n) is 10.7. The van der Waals surface area contributed by atoms with Crippen LogP contribution in [0.15, 0.2) is 24.3 Å². The molecule has 0 aliphatic heterocycles. The maximum Gasteiger partial charge on any atom is 0.0916 e. The van der Waals surface area contributed by atoms with Crippen LogP contribution in [0.5, 0.6) is 0 Å². The number of para-hydroxylation sites is 1. The van der Waals surface area contributed by atoms with Crippen LogP contribution in [-0.2, 0) is 5.60 Å². The van der Waals surface area contributed by atoms with E-state index in [1.165, 1.54) is 25.7 Å². The molecule has 0 aromatic heterocycles. The highest BCUT2D eigenvalue weighted by atomic mass is 16.3. The number of nitrogen functional groups attached to an aromatic ring is 1. The van der Waals surface area contributed by atoms with E-state index in [2.05, 4.69) is 0 Å². The van der Waals surface area contributed by atoms with Gasteiger partial charge in [-0.05, 0) is 31.7 Å². The summed E-state index contributed by atoms with van der Waals surface area (Å²) >= 11 is 0. The quantitative estimate of drug-likeness (QED) is 0.607. The molecule has 2 nitrogen and oxygen atoms in total. The Balaban J connectivity index is 2.25. The summed E-state index contributed by atoms with van der Waals surface area (Å²) in [5.74, 6) is 0.342. The first-order valence-corrected chi connectivity index (χ1v) is 6.69. The van der Waals surface area contributed by atoms with Crippen molar-refractivity contribution in [1.82, 2.24) is 0 Å². The summed E-state index contributed by atoms with van der Waals surface area (Å²) in [5, 5.41) is 10.8. The molecule has 0 heterocycles. The van der Waals surface area contributed by atoms with Gasteiger partial charge < -0.3 is 10.8 Å². The molecule has 0 bridgehead atoms. The average Bonchev–Trinajstić information content (AvgIpc) is 2.58. The summed E-state index contributed by atoms with van der Waals surface area (Å²) in [6, 6.07) is 7.71. The van der Waals surface area contributed by atoms with Gasteiger partial charge in [0, 0.05) is 11.3 Å². The lowest BCUT2D eigenvalue weighted by molar-refractivity contribution is -0.0119. The molecular formula is C15H23NO. The van der Waals surface area contributed by atoms with Gasteiger partial charge >= 0.3 is 0 Å². The molecule has 17 heavy (non-hydrogen) atoms. The van der Waals surface area contributed by atoms with E-state index >= 15 is 0 Å². The van der Waals surface area contributed by atoms with Crippen molar-refractivity contribution in [2.75, 3.05) is 5.73 Å². The first-order chi connectivity index (χ1) is 8.12. The van der Waals surface area contributed by atoms with Gasteiger partial charge in [-0.1, -0.05) is 43.9 Å². The van der Waals surface area contributed by atoms with Crippen LogP contribution in [0.4, 0.5) is 5.69 Å². The summed E-state index contributed by atoms with van der Waals surface area (Å²) in [6.07, 6.45) is 7.29. The molecule has 0 saturated heterocycles. The van der Waals surface area contributed by atoms with E-state index < -0.39 is 5.60 Å². The second kappa shape index (κ2) is 5.09. The Kier molecular flexibility index (Phi) is 3.72. The fourth-order valence-corrected chi connectivity index (χ4v) is 3.02.